The third kappa shape index (κ3) is 12.2. The summed E-state index contributed by atoms with van der Waals surface area (Å²) in [7, 11) is 2.46. The number of aliphatic hydroxyl groups excluding tert-OH is 1. The SMILES string of the molecule is CC[C@H](C)[C@H](NC(=O)OC)C(=O)N[C@@H](Cc1ccccc1)[C@@H](O)CN(Cc1ccc(N2CCCC2)cc1)NC(=O)[C@@H](NC(=O)OC)C(C)C. The molecule has 1 fully saturated rings. The van der Waals surface area contributed by atoms with Crippen molar-refractivity contribution in [3.63, 3.8) is 0 Å². The van der Waals surface area contributed by atoms with Crippen molar-refractivity contribution in [2.24, 2.45) is 11.8 Å². The standard InChI is InChI=1S/C36H54N6O7/c1-7-25(4)32(39-36(47)49-6)33(44)37-29(21-26-13-9-8-10-14-26)30(43)23-42(40-34(45)31(24(2)3)38-35(46)48-5)22-27-15-17-28(18-16-27)41-19-11-12-20-41/h8-10,13-18,24-25,29-32,43H,7,11-12,19-23H2,1-6H3,(H,37,44)(H,38,46)(H,39,47)(H,40,45)/t25-,29-,30-,31-,32-/m0/s1. The lowest BCUT2D eigenvalue weighted by atomic mass is 9.96. The Morgan fingerprint density at radius 2 is 1.41 bits per heavy atom. The van der Waals surface area contributed by atoms with Crippen molar-refractivity contribution >= 4 is 29.7 Å². The van der Waals surface area contributed by atoms with Crippen molar-refractivity contribution in [2.75, 3.05) is 38.8 Å². The first kappa shape index (κ1) is 39.1. The molecule has 2 aromatic rings. The number of nitrogens with one attached hydrogen (secondary N) is 4. The molecule has 4 amide bonds. The van der Waals surface area contributed by atoms with E-state index in [0.29, 0.717) is 6.42 Å². The average molecular weight is 683 g/mol. The third-order valence-corrected chi connectivity index (χ3v) is 8.91. The average Bonchev–Trinajstić information content (AvgIpc) is 3.64. The van der Waals surface area contributed by atoms with Crippen molar-refractivity contribution in [3.05, 3.63) is 65.7 Å². The number of methoxy groups -OCH3 is 2. The van der Waals surface area contributed by atoms with Gasteiger partial charge in [-0.1, -0.05) is 76.6 Å². The second-order valence-corrected chi connectivity index (χ2v) is 12.9. The summed E-state index contributed by atoms with van der Waals surface area (Å²) >= 11 is 0. The maximum Gasteiger partial charge on any atom is 0.407 e. The van der Waals surface area contributed by atoms with Crippen LogP contribution in [0.3, 0.4) is 0 Å². The number of anilines is 1. The number of hydrogen-bond acceptors (Lipinski definition) is 9. The molecule has 5 N–H and O–H groups in total. The van der Waals surface area contributed by atoms with Gasteiger partial charge in [0.1, 0.15) is 12.1 Å². The molecule has 0 unspecified atom stereocenters. The van der Waals surface area contributed by atoms with Gasteiger partial charge in [-0.3, -0.25) is 15.0 Å². The molecule has 1 aliphatic rings. The fourth-order valence-electron chi connectivity index (χ4n) is 5.77. The lowest BCUT2D eigenvalue weighted by Gasteiger charge is -2.33. The van der Waals surface area contributed by atoms with Crippen molar-refractivity contribution in [1.29, 1.82) is 0 Å². The molecule has 2 aromatic carbocycles. The molecule has 13 nitrogen and oxygen atoms in total. The van der Waals surface area contributed by atoms with Crippen LogP contribution in [0.15, 0.2) is 54.6 Å². The zero-order chi connectivity index (χ0) is 35.9. The van der Waals surface area contributed by atoms with Gasteiger partial charge in [-0.15, -0.1) is 0 Å². The molecule has 5 atom stereocenters. The van der Waals surface area contributed by atoms with E-state index in [2.05, 4.69) is 38.4 Å². The number of carbonyl (C=O) groups excluding carboxylic acids is 4. The number of hydrogen-bond donors (Lipinski definition) is 5. The Morgan fingerprint density at radius 1 is 0.816 bits per heavy atom. The van der Waals surface area contributed by atoms with Crippen molar-refractivity contribution in [2.45, 2.75) is 84.2 Å². The molecule has 1 heterocycles. The molecule has 49 heavy (non-hydrogen) atoms. The van der Waals surface area contributed by atoms with E-state index in [1.165, 1.54) is 14.2 Å². The van der Waals surface area contributed by atoms with E-state index in [4.69, 9.17) is 9.47 Å². The van der Waals surface area contributed by atoms with E-state index in [9.17, 15) is 24.3 Å². The van der Waals surface area contributed by atoms with Crippen LogP contribution in [0.1, 0.15) is 58.1 Å². The normalized spacial score (nSPS) is 15.9. The zero-order valence-electron chi connectivity index (χ0n) is 29.6. The van der Waals surface area contributed by atoms with Gasteiger partial charge < -0.3 is 35.4 Å². The minimum Gasteiger partial charge on any atom is -0.453 e. The lowest BCUT2D eigenvalue weighted by Crippen LogP contribution is -2.59. The third-order valence-electron chi connectivity index (χ3n) is 8.91. The van der Waals surface area contributed by atoms with E-state index in [0.717, 1.165) is 42.7 Å². The Balaban J connectivity index is 1.89. The van der Waals surface area contributed by atoms with E-state index in [1.54, 1.807) is 18.9 Å². The molecule has 13 heteroatoms. The van der Waals surface area contributed by atoms with Gasteiger partial charge in [0.2, 0.25) is 5.91 Å². The number of alkyl carbamates (subject to hydrolysis) is 2. The summed E-state index contributed by atoms with van der Waals surface area (Å²) in [5, 5.41) is 21.6. The monoisotopic (exact) mass is 682 g/mol. The predicted octanol–water partition coefficient (Wildman–Crippen LogP) is 3.36. The fourth-order valence-corrected chi connectivity index (χ4v) is 5.77. The zero-order valence-corrected chi connectivity index (χ0v) is 29.6. The van der Waals surface area contributed by atoms with Crippen molar-refractivity contribution in [3.8, 4) is 0 Å². The van der Waals surface area contributed by atoms with E-state index >= 15 is 0 Å². The molecule has 0 bridgehead atoms. The summed E-state index contributed by atoms with van der Waals surface area (Å²) in [4.78, 5) is 53.7. The van der Waals surface area contributed by atoms with E-state index in [1.807, 2.05) is 56.3 Å². The Morgan fingerprint density at radius 3 is 1.96 bits per heavy atom. The van der Waals surface area contributed by atoms with Gasteiger partial charge in [-0.25, -0.2) is 14.6 Å². The molecule has 270 valence electrons. The summed E-state index contributed by atoms with van der Waals surface area (Å²) in [5.41, 5.74) is 5.79. The minimum absolute atomic E-state index is 0.0706. The molecule has 0 saturated carbocycles. The van der Waals surface area contributed by atoms with Crippen LogP contribution in [-0.4, -0.2) is 92.2 Å². The van der Waals surface area contributed by atoms with Gasteiger partial charge in [-0.2, -0.15) is 0 Å². The second kappa shape index (κ2) is 19.6. The van der Waals surface area contributed by atoms with Crippen LogP contribution in [0, 0.1) is 11.8 Å². The lowest BCUT2D eigenvalue weighted by molar-refractivity contribution is -0.131. The molecule has 3 rings (SSSR count). The van der Waals surface area contributed by atoms with Gasteiger partial charge in [-0.05, 0) is 54.4 Å². The fraction of sp³-hybridized carbons (Fsp3) is 0.556. The van der Waals surface area contributed by atoms with Crippen LogP contribution >= 0.6 is 0 Å². The number of amides is 4. The Kier molecular flexibility index (Phi) is 15.6. The molecule has 1 aliphatic heterocycles. The minimum atomic E-state index is -1.17. The van der Waals surface area contributed by atoms with Crippen LogP contribution in [-0.2, 0) is 32.0 Å². The topological polar surface area (TPSA) is 162 Å². The first-order valence-corrected chi connectivity index (χ1v) is 17.1. The highest BCUT2D eigenvalue weighted by Crippen LogP contribution is 2.21. The molecular weight excluding hydrogens is 628 g/mol. The smallest absolute Gasteiger partial charge is 0.407 e. The largest absolute Gasteiger partial charge is 0.453 e. The van der Waals surface area contributed by atoms with Crippen LogP contribution in [0.5, 0.6) is 0 Å². The Bertz CT molecular complexity index is 1340. The molecular formula is C36H54N6O7. The first-order chi connectivity index (χ1) is 23.4. The van der Waals surface area contributed by atoms with Crippen LogP contribution < -0.4 is 26.3 Å². The van der Waals surface area contributed by atoms with Gasteiger partial charge >= 0.3 is 12.2 Å². The number of hydrazine groups is 1. The summed E-state index contributed by atoms with van der Waals surface area (Å²) in [6, 6.07) is 14.9. The maximum atomic E-state index is 13.7. The number of benzene rings is 2. The van der Waals surface area contributed by atoms with Crippen LogP contribution in [0.25, 0.3) is 0 Å². The number of carbonyl (C=O) groups is 4. The van der Waals surface area contributed by atoms with Crippen LogP contribution in [0.2, 0.25) is 0 Å². The summed E-state index contributed by atoms with van der Waals surface area (Å²) in [6.45, 7) is 9.56. The van der Waals surface area contributed by atoms with Gasteiger partial charge in [0.25, 0.3) is 5.91 Å². The quantitative estimate of drug-likeness (QED) is 0.158. The summed E-state index contributed by atoms with van der Waals surface area (Å²) in [5.74, 6) is -1.43. The van der Waals surface area contributed by atoms with Crippen molar-refractivity contribution in [1.82, 2.24) is 26.4 Å². The molecule has 0 spiro atoms. The highest BCUT2D eigenvalue weighted by atomic mass is 16.5. The van der Waals surface area contributed by atoms with Gasteiger partial charge in [0.15, 0.2) is 0 Å². The summed E-state index contributed by atoms with van der Waals surface area (Å²) in [6.07, 6.45) is 0.576. The molecule has 0 radical (unpaired) electrons. The van der Waals surface area contributed by atoms with E-state index < -0.39 is 48.2 Å². The van der Waals surface area contributed by atoms with E-state index in [-0.39, 0.29) is 31.3 Å². The molecule has 1 saturated heterocycles. The van der Waals surface area contributed by atoms with Gasteiger partial charge in [0, 0.05) is 31.9 Å². The number of ether oxygens (including phenoxy) is 2. The first-order valence-electron chi connectivity index (χ1n) is 17.1. The van der Waals surface area contributed by atoms with Crippen molar-refractivity contribution < 1.29 is 33.8 Å². The van der Waals surface area contributed by atoms with Gasteiger partial charge in [0.05, 0.1) is 26.4 Å². The Hall–Kier alpha value is -4.36. The molecule has 0 aromatic heterocycles. The maximum absolute atomic E-state index is 13.7. The number of rotatable bonds is 17. The summed E-state index contributed by atoms with van der Waals surface area (Å²) < 4.78 is 9.50. The number of nitrogens with zero attached hydrogens (tertiary/aromatic N) is 2. The predicted molar refractivity (Wildman–Crippen MR) is 187 cm³/mol. The highest BCUT2D eigenvalue weighted by Gasteiger charge is 2.32. The highest BCUT2D eigenvalue weighted by molar-refractivity contribution is 5.86. The second-order valence-electron chi connectivity index (χ2n) is 12.9. The number of aliphatic hydroxyl groups is 1. The molecule has 0 aliphatic carbocycles. The Labute approximate surface area is 290 Å². The van der Waals surface area contributed by atoms with Crippen LogP contribution in [0.4, 0.5) is 15.3 Å².